The maximum absolute atomic E-state index is 12.9. The second-order valence-corrected chi connectivity index (χ2v) is 7.98. The molecule has 0 atom stereocenters. The van der Waals surface area contributed by atoms with Crippen LogP contribution < -0.4 is 0 Å². The van der Waals surface area contributed by atoms with Crippen molar-refractivity contribution in [1.82, 2.24) is 28.8 Å². The van der Waals surface area contributed by atoms with E-state index in [1.807, 2.05) is 6.92 Å². The number of amides is 1. The second kappa shape index (κ2) is 7.35. The first-order valence-electron chi connectivity index (χ1n) is 8.40. The van der Waals surface area contributed by atoms with E-state index in [4.69, 9.17) is 0 Å². The van der Waals surface area contributed by atoms with E-state index in [1.165, 1.54) is 21.5 Å². The molecule has 0 unspecified atom stereocenters. The van der Waals surface area contributed by atoms with E-state index >= 15 is 0 Å². The van der Waals surface area contributed by atoms with Gasteiger partial charge in [-0.1, -0.05) is 0 Å². The number of rotatable bonds is 5. The van der Waals surface area contributed by atoms with E-state index in [2.05, 4.69) is 10.2 Å². The molecule has 1 fully saturated rings. The molecule has 0 spiro atoms. The van der Waals surface area contributed by atoms with E-state index in [0.29, 0.717) is 16.9 Å². The summed E-state index contributed by atoms with van der Waals surface area (Å²) >= 11 is 0. The Morgan fingerprint density at radius 1 is 1.26 bits per heavy atom. The molecule has 2 aromatic rings. The predicted octanol–water partition coefficient (Wildman–Crippen LogP) is 0.950. The Morgan fingerprint density at radius 3 is 2.48 bits per heavy atom. The van der Waals surface area contributed by atoms with E-state index < -0.39 is 22.5 Å². The third kappa shape index (κ3) is 3.58. The van der Waals surface area contributed by atoms with E-state index in [9.17, 15) is 22.0 Å². The monoisotopic (exact) mass is 402 g/mol. The summed E-state index contributed by atoms with van der Waals surface area (Å²) in [4.78, 5) is 13.9. The molecule has 0 radical (unpaired) electrons. The molecule has 3 rings (SSSR count). The van der Waals surface area contributed by atoms with Gasteiger partial charge in [-0.2, -0.15) is 28.0 Å². The Kier molecular flexibility index (Phi) is 5.29. The molecule has 0 aliphatic carbocycles. The van der Waals surface area contributed by atoms with Gasteiger partial charge in [0.15, 0.2) is 0 Å². The van der Waals surface area contributed by atoms with Crippen LogP contribution in [0.4, 0.5) is 8.78 Å². The number of aromatic nitrogens is 4. The highest BCUT2D eigenvalue weighted by molar-refractivity contribution is 7.89. The standard InChI is InChI=1S/C15H20F2N6O3S/c1-3-21-10-13(11(2)19-21)27(25,26)22-8-6-20(7-9-22)14(24)12-4-5-18-23(12)15(16)17/h4-5,10,15H,3,6-9H2,1-2H3. The lowest BCUT2D eigenvalue weighted by atomic mass is 10.3. The SMILES string of the molecule is CCn1cc(S(=O)(=O)N2CCN(C(=O)c3ccnn3C(F)F)CC2)c(C)n1. The van der Waals surface area contributed by atoms with Crippen LogP contribution in [-0.2, 0) is 16.6 Å². The lowest BCUT2D eigenvalue weighted by Crippen LogP contribution is -2.50. The molecule has 27 heavy (non-hydrogen) atoms. The number of sulfonamides is 1. The lowest BCUT2D eigenvalue weighted by molar-refractivity contribution is 0.0447. The van der Waals surface area contributed by atoms with Crippen LogP contribution in [-0.4, -0.2) is 69.3 Å². The molecule has 148 valence electrons. The summed E-state index contributed by atoms with van der Waals surface area (Å²) in [5, 5.41) is 7.61. The fourth-order valence-electron chi connectivity index (χ4n) is 2.99. The van der Waals surface area contributed by atoms with Gasteiger partial charge in [-0.3, -0.25) is 9.48 Å². The van der Waals surface area contributed by atoms with Crippen LogP contribution in [0.1, 0.15) is 29.7 Å². The van der Waals surface area contributed by atoms with Crippen molar-refractivity contribution < 1.29 is 22.0 Å². The minimum Gasteiger partial charge on any atom is -0.335 e. The zero-order valence-electron chi connectivity index (χ0n) is 14.9. The van der Waals surface area contributed by atoms with Crippen molar-refractivity contribution in [2.24, 2.45) is 0 Å². The quantitative estimate of drug-likeness (QED) is 0.742. The molecule has 3 heterocycles. The first kappa shape index (κ1) is 19.4. The third-order valence-corrected chi connectivity index (χ3v) is 6.44. The van der Waals surface area contributed by atoms with Gasteiger partial charge >= 0.3 is 6.55 Å². The number of carbonyl (C=O) groups is 1. The molecule has 0 N–H and O–H groups in total. The van der Waals surface area contributed by atoms with Gasteiger partial charge in [-0.25, -0.2) is 8.42 Å². The normalized spacial score (nSPS) is 16.3. The molecule has 1 saturated heterocycles. The first-order valence-corrected chi connectivity index (χ1v) is 9.85. The molecular formula is C15H20F2N6O3S. The maximum atomic E-state index is 12.9. The van der Waals surface area contributed by atoms with Crippen molar-refractivity contribution in [3.05, 3.63) is 29.8 Å². The van der Waals surface area contributed by atoms with Crippen molar-refractivity contribution >= 4 is 15.9 Å². The number of piperazine rings is 1. The second-order valence-electron chi connectivity index (χ2n) is 6.07. The van der Waals surface area contributed by atoms with Crippen LogP contribution in [0.3, 0.4) is 0 Å². The highest BCUT2D eigenvalue weighted by Crippen LogP contribution is 2.21. The molecule has 2 aromatic heterocycles. The average Bonchev–Trinajstić information content (AvgIpc) is 3.28. The summed E-state index contributed by atoms with van der Waals surface area (Å²) in [6.07, 6.45) is 2.62. The Hall–Kier alpha value is -2.34. The van der Waals surface area contributed by atoms with Crippen LogP contribution >= 0.6 is 0 Å². The maximum Gasteiger partial charge on any atom is 0.333 e. The number of hydrogen-bond donors (Lipinski definition) is 0. The fourth-order valence-corrected chi connectivity index (χ4v) is 4.58. The Bertz CT molecular complexity index is 931. The molecule has 1 aliphatic rings. The van der Waals surface area contributed by atoms with Gasteiger partial charge in [0.2, 0.25) is 10.0 Å². The zero-order chi connectivity index (χ0) is 19.8. The van der Waals surface area contributed by atoms with Crippen molar-refractivity contribution in [1.29, 1.82) is 0 Å². The Balaban J connectivity index is 1.72. The number of carbonyl (C=O) groups excluding carboxylic acids is 1. The molecule has 0 bridgehead atoms. The minimum atomic E-state index is -3.73. The Morgan fingerprint density at radius 2 is 1.93 bits per heavy atom. The summed E-state index contributed by atoms with van der Waals surface area (Å²) < 4.78 is 54.7. The van der Waals surface area contributed by atoms with Gasteiger partial charge in [0.25, 0.3) is 5.91 Å². The third-order valence-electron chi connectivity index (χ3n) is 4.44. The van der Waals surface area contributed by atoms with E-state index in [0.717, 1.165) is 6.20 Å². The molecule has 0 saturated carbocycles. The molecule has 1 aliphatic heterocycles. The lowest BCUT2D eigenvalue weighted by Gasteiger charge is -2.33. The van der Waals surface area contributed by atoms with E-state index in [1.54, 1.807) is 11.6 Å². The van der Waals surface area contributed by atoms with Crippen LogP contribution in [0.15, 0.2) is 23.4 Å². The van der Waals surface area contributed by atoms with Crippen LogP contribution in [0, 0.1) is 6.92 Å². The predicted molar refractivity (Wildman–Crippen MR) is 90.8 cm³/mol. The van der Waals surface area contributed by atoms with E-state index in [-0.39, 0.29) is 36.8 Å². The Labute approximate surface area is 155 Å². The smallest absolute Gasteiger partial charge is 0.333 e. The first-order chi connectivity index (χ1) is 12.8. The van der Waals surface area contributed by atoms with Crippen molar-refractivity contribution in [3.8, 4) is 0 Å². The fraction of sp³-hybridized carbons (Fsp3) is 0.533. The number of aryl methyl sites for hydroxylation is 2. The summed E-state index contributed by atoms with van der Waals surface area (Å²) in [7, 11) is -3.73. The van der Waals surface area contributed by atoms with Crippen molar-refractivity contribution in [2.75, 3.05) is 26.2 Å². The molecular weight excluding hydrogens is 382 g/mol. The van der Waals surface area contributed by atoms with Gasteiger partial charge in [-0.05, 0) is 19.9 Å². The molecule has 9 nitrogen and oxygen atoms in total. The van der Waals surface area contributed by atoms with Crippen LogP contribution in [0.25, 0.3) is 0 Å². The topological polar surface area (TPSA) is 93.3 Å². The summed E-state index contributed by atoms with van der Waals surface area (Å²) in [6, 6.07) is 1.22. The number of alkyl halides is 2. The molecule has 12 heteroatoms. The number of nitrogens with zero attached hydrogens (tertiary/aromatic N) is 6. The van der Waals surface area contributed by atoms with Gasteiger partial charge in [0, 0.05) is 45.1 Å². The van der Waals surface area contributed by atoms with Crippen LogP contribution in [0.2, 0.25) is 0 Å². The van der Waals surface area contributed by atoms with Gasteiger partial charge in [0.05, 0.1) is 5.69 Å². The molecule has 1 amide bonds. The van der Waals surface area contributed by atoms with Crippen LogP contribution in [0.5, 0.6) is 0 Å². The number of halogens is 2. The average molecular weight is 402 g/mol. The molecule has 0 aromatic carbocycles. The van der Waals surface area contributed by atoms with Gasteiger partial charge in [0.1, 0.15) is 10.6 Å². The zero-order valence-corrected chi connectivity index (χ0v) is 15.7. The van der Waals surface area contributed by atoms with Crippen molar-refractivity contribution in [3.63, 3.8) is 0 Å². The minimum absolute atomic E-state index is 0.0770. The van der Waals surface area contributed by atoms with Gasteiger partial charge in [-0.15, -0.1) is 0 Å². The highest BCUT2D eigenvalue weighted by atomic mass is 32.2. The highest BCUT2D eigenvalue weighted by Gasteiger charge is 2.33. The van der Waals surface area contributed by atoms with Crippen molar-refractivity contribution in [2.45, 2.75) is 31.8 Å². The number of hydrogen-bond acceptors (Lipinski definition) is 5. The van der Waals surface area contributed by atoms with Gasteiger partial charge < -0.3 is 4.90 Å². The summed E-state index contributed by atoms with van der Waals surface area (Å²) in [5.74, 6) is -0.597. The largest absolute Gasteiger partial charge is 0.335 e. The summed E-state index contributed by atoms with van der Waals surface area (Å²) in [6.45, 7) is 1.49. The summed E-state index contributed by atoms with van der Waals surface area (Å²) in [5.41, 5.74) is 0.192.